The van der Waals surface area contributed by atoms with Crippen LogP contribution >= 0.6 is 15.3 Å². The molecule has 1 saturated heterocycles. The zero-order chi connectivity index (χ0) is 21.2. The molecule has 0 N–H and O–H groups in total. The van der Waals surface area contributed by atoms with Gasteiger partial charge in [-0.25, -0.2) is 4.57 Å². The largest absolute Gasteiger partial charge is 0.409 e. The molecule has 28 heavy (non-hydrogen) atoms. The molecule has 164 valence electrons. The quantitative estimate of drug-likeness (QED) is 0.244. The number of nitrogens with zero attached hydrogens (tertiary/aromatic N) is 1. The van der Waals surface area contributed by atoms with Crippen molar-refractivity contribution < 1.29 is 39.8 Å². The van der Waals surface area contributed by atoms with Crippen molar-refractivity contribution in [2.24, 2.45) is 0 Å². The second-order valence-corrected chi connectivity index (χ2v) is 11.8. The lowest BCUT2D eigenvalue weighted by Gasteiger charge is -2.25. The third-order valence-electron chi connectivity index (χ3n) is 4.14. The Bertz CT molecular complexity index is 764. The molecule has 2 aliphatic rings. The smallest absolute Gasteiger partial charge is 0.306 e. The first-order valence-electron chi connectivity index (χ1n) is 9.21. The minimum atomic E-state index is -3.81. The Kier molecular flexibility index (Phi) is 8.09. The molecule has 0 radical (unpaired) electrons. The van der Waals surface area contributed by atoms with Crippen LogP contribution in [0.4, 0.5) is 0 Å². The van der Waals surface area contributed by atoms with Crippen LogP contribution < -0.4 is 0 Å². The Labute approximate surface area is 166 Å². The van der Waals surface area contributed by atoms with Crippen molar-refractivity contribution in [3.8, 4) is 0 Å². The molecular weight excluding hydrogens is 432 g/mol. The fourth-order valence-electron chi connectivity index (χ4n) is 3.30. The van der Waals surface area contributed by atoms with E-state index in [2.05, 4.69) is 0 Å². The lowest BCUT2D eigenvalue weighted by atomic mass is 10.1. The molecule has 0 spiro atoms. The summed E-state index contributed by atoms with van der Waals surface area (Å²) in [6.45, 7) is 7.34. The van der Waals surface area contributed by atoms with Crippen LogP contribution in [0.5, 0.6) is 0 Å². The maximum atomic E-state index is 13.2. The number of fused-ring (bicyclic) bond motifs is 1. The van der Waals surface area contributed by atoms with Gasteiger partial charge >= 0.3 is 15.3 Å². The van der Waals surface area contributed by atoms with Gasteiger partial charge in [-0.05, 0) is 27.7 Å². The molecule has 0 aromatic rings. The van der Waals surface area contributed by atoms with Gasteiger partial charge in [-0.3, -0.25) is 17.8 Å². The summed E-state index contributed by atoms with van der Waals surface area (Å²) >= 11 is 0. The molecule has 1 unspecified atom stereocenters. The summed E-state index contributed by atoms with van der Waals surface area (Å²) in [5.41, 5.74) is 0. The Morgan fingerprint density at radius 2 is 1.50 bits per heavy atom. The predicted octanol–water partition coefficient (Wildman–Crippen LogP) is 3.12. The monoisotopic (exact) mass is 461 g/mol. The Balaban J connectivity index is 2.42. The van der Waals surface area contributed by atoms with Crippen molar-refractivity contribution in [2.45, 2.75) is 52.3 Å². The normalized spacial score (nSPS) is 28.0. The van der Waals surface area contributed by atoms with Crippen molar-refractivity contribution in [3.05, 3.63) is 11.4 Å². The first-order chi connectivity index (χ1) is 13.0. The first kappa shape index (κ1) is 24.2. The average Bonchev–Trinajstić information content (AvgIpc) is 3.30. The molecule has 10 nitrogen and oxygen atoms in total. The van der Waals surface area contributed by atoms with E-state index in [1.807, 2.05) is 0 Å². The van der Waals surface area contributed by atoms with Gasteiger partial charge in [0.1, 0.15) is 0 Å². The summed E-state index contributed by atoms with van der Waals surface area (Å²) in [6, 6.07) is -1.06. The molecule has 2 rings (SSSR count). The van der Waals surface area contributed by atoms with Crippen molar-refractivity contribution in [3.63, 3.8) is 0 Å². The van der Waals surface area contributed by atoms with Crippen LogP contribution in [0.3, 0.4) is 0 Å². The van der Waals surface area contributed by atoms with Crippen molar-refractivity contribution in [1.82, 2.24) is 4.67 Å². The lowest BCUT2D eigenvalue weighted by Crippen LogP contribution is -2.29. The molecule has 1 fully saturated rings. The van der Waals surface area contributed by atoms with Gasteiger partial charge in [-0.1, -0.05) is 6.08 Å². The Hall–Kier alpha value is -0.0900. The summed E-state index contributed by atoms with van der Waals surface area (Å²) in [7, 11) is -11.1. The minimum Gasteiger partial charge on any atom is -0.306 e. The highest BCUT2D eigenvalue weighted by atomic mass is 32.2. The molecule has 1 heterocycles. The minimum absolute atomic E-state index is 0.000262. The van der Waals surface area contributed by atoms with E-state index in [9.17, 15) is 17.5 Å². The third-order valence-corrected chi connectivity index (χ3v) is 9.24. The summed E-state index contributed by atoms with van der Waals surface area (Å²) in [5.74, 6) is 0. The van der Waals surface area contributed by atoms with Crippen molar-refractivity contribution in [1.29, 1.82) is 0 Å². The van der Waals surface area contributed by atoms with Gasteiger partial charge in [0.15, 0.2) is 0 Å². The third kappa shape index (κ3) is 5.33. The molecule has 1 aliphatic carbocycles. The Morgan fingerprint density at radius 1 is 1.00 bits per heavy atom. The maximum absolute atomic E-state index is 13.2. The molecule has 1 aliphatic heterocycles. The molecular formula is C15H29NO9P2S. The van der Waals surface area contributed by atoms with Crippen LogP contribution in [0.1, 0.15) is 34.1 Å². The lowest BCUT2D eigenvalue weighted by molar-refractivity contribution is 0.169. The second-order valence-electron chi connectivity index (χ2n) is 6.20. The predicted molar refractivity (Wildman–Crippen MR) is 104 cm³/mol. The van der Waals surface area contributed by atoms with Crippen LogP contribution in [0.15, 0.2) is 11.4 Å². The zero-order valence-electron chi connectivity index (χ0n) is 16.8. The van der Waals surface area contributed by atoms with Gasteiger partial charge in [0.2, 0.25) is 0 Å². The average molecular weight is 461 g/mol. The molecule has 4 atom stereocenters. The summed E-state index contributed by atoms with van der Waals surface area (Å²) in [5, 5.41) is 0.299. The van der Waals surface area contributed by atoms with Crippen LogP contribution in [0.2, 0.25) is 0 Å². The highest BCUT2D eigenvalue weighted by Crippen LogP contribution is 2.68. The zero-order valence-corrected chi connectivity index (χ0v) is 19.4. The van der Waals surface area contributed by atoms with Gasteiger partial charge in [0.05, 0.1) is 50.9 Å². The molecule has 0 amide bonds. The van der Waals surface area contributed by atoms with E-state index in [1.54, 1.807) is 33.8 Å². The standard InChI is InChI=1S/C15H29NO9P2S/c1-6-21-26(17,22-7-2)12-10-13-15(14(11-12)25-28(5,19)20)16(13)27(18,23-8-3)24-9-4/h10,13-15H,6-9,11H2,1-5H3/t13-,14+,15-,16?/m0/s1. The van der Waals surface area contributed by atoms with Crippen LogP contribution in [0.25, 0.3) is 0 Å². The molecule has 0 saturated carbocycles. The van der Waals surface area contributed by atoms with Gasteiger partial charge < -0.3 is 9.05 Å². The number of hydrogen-bond donors (Lipinski definition) is 0. The van der Waals surface area contributed by atoms with E-state index in [4.69, 9.17) is 22.3 Å². The Morgan fingerprint density at radius 3 is 1.93 bits per heavy atom. The van der Waals surface area contributed by atoms with Gasteiger partial charge in [0.25, 0.3) is 10.1 Å². The second kappa shape index (κ2) is 9.37. The molecule has 0 aromatic heterocycles. The van der Waals surface area contributed by atoms with E-state index in [0.717, 1.165) is 6.26 Å². The van der Waals surface area contributed by atoms with Crippen molar-refractivity contribution in [2.75, 3.05) is 32.7 Å². The number of hydrogen-bond acceptors (Lipinski definition) is 9. The fraction of sp³-hybridized carbons (Fsp3) is 0.867. The van der Waals surface area contributed by atoms with E-state index in [1.165, 1.54) is 4.67 Å². The van der Waals surface area contributed by atoms with E-state index < -0.39 is 43.6 Å². The van der Waals surface area contributed by atoms with Crippen LogP contribution in [0, 0.1) is 0 Å². The van der Waals surface area contributed by atoms with Gasteiger partial charge in [-0.2, -0.15) is 13.1 Å². The van der Waals surface area contributed by atoms with E-state index in [0.29, 0.717) is 5.31 Å². The summed E-state index contributed by atoms with van der Waals surface area (Å²) in [4.78, 5) is 0. The summed E-state index contributed by atoms with van der Waals surface area (Å²) < 4.78 is 78.1. The highest BCUT2D eigenvalue weighted by molar-refractivity contribution is 7.86. The highest BCUT2D eigenvalue weighted by Gasteiger charge is 2.64. The van der Waals surface area contributed by atoms with Crippen molar-refractivity contribution >= 4 is 25.5 Å². The first-order valence-corrected chi connectivity index (χ1v) is 14.1. The molecule has 0 bridgehead atoms. The fourth-order valence-corrected chi connectivity index (χ4v) is 7.83. The maximum Gasteiger partial charge on any atom is 0.409 e. The SMILES string of the molecule is CCOP(=O)(OCC)C1=C[C@H]2[C@@H]([C@H](OS(C)(=O)=O)C1)N2P(=O)(OCC)OCC. The van der Waals surface area contributed by atoms with Crippen LogP contribution in [-0.4, -0.2) is 64.0 Å². The van der Waals surface area contributed by atoms with Crippen LogP contribution in [-0.2, 0) is 41.5 Å². The topological polar surface area (TPSA) is 117 Å². The number of rotatable bonds is 12. The van der Waals surface area contributed by atoms with E-state index in [-0.39, 0.29) is 32.8 Å². The van der Waals surface area contributed by atoms with Gasteiger partial charge in [-0.15, -0.1) is 0 Å². The molecule has 0 aromatic carbocycles. The van der Waals surface area contributed by atoms with Gasteiger partial charge in [0, 0.05) is 11.7 Å². The summed E-state index contributed by atoms with van der Waals surface area (Å²) in [6.07, 6.45) is 1.66. The van der Waals surface area contributed by atoms with E-state index >= 15 is 0 Å². The molecule has 13 heteroatoms.